The lowest BCUT2D eigenvalue weighted by molar-refractivity contribution is -0.121. The molecule has 1 aliphatic rings. The number of para-hydroxylation sites is 1. The first kappa shape index (κ1) is 20.8. The lowest BCUT2D eigenvalue weighted by Crippen LogP contribution is -2.40. The summed E-state index contributed by atoms with van der Waals surface area (Å²) in [7, 11) is 0. The summed E-state index contributed by atoms with van der Waals surface area (Å²) in [6.07, 6.45) is 2.76. The van der Waals surface area contributed by atoms with Gasteiger partial charge in [0.15, 0.2) is 0 Å². The second kappa shape index (κ2) is 9.53. The van der Waals surface area contributed by atoms with Gasteiger partial charge in [0.25, 0.3) is 0 Å². The number of hydrogen-bond donors (Lipinski definition) is 1. The van der Waals surface area contributed by atoms with Gasteiger partial charge in [-0.3, -0.25) is 9.69 Å². The van der Waals surface area contributed by atoms with Crippen molar-refractivity contribution in [2.24, 2.45) is 5.92 Å². The molecule has 1 atom stereocenters. The topological polar surface area (TPSA) is 71.3 Å². The highest BCUT2D eigenvalue weighted by Gasteiger charge is 2.27. The molecule has 3 aromatic rings. The summed E-state index contributed by atoms with van der Waals surface area (Å²) in [5.74, 6) is 1.19. The van der Waals surface area contributed by atoms with Gasteiger partial charge in [0.05, 0.1) is 12.5 Å². The number of nitrogens with one attached hydrogen (secondary N) is 1. The van der Waals surface area contributed by atoms with E-state index in [1.165, 1.54) is 0 Å². The zero-order chi connectivity index (χ0) is 20.9. The monoisotopic (exact) mass is 468 g/mol. The Labute approximate surface area is 184 Å². The number of nitrogens with zero attached hydrogens (tertiary/aromatic N) is 3. The minimum absolute atomic E-state index is 0.0452. The van der Waals surface area contributed by atoms with Crippen molar-refractivity contribution < 1.29 is 9.32 Å². The number of anilines is 1. The van der Waals surface area contributed by atoms with Crippen LogP contribution in [0.5, 0.6) is 0 Å². The third-order valence-corrected chi connectivity index (χ3v) is 5.94. The normalized spacial score (nSPS) is 17.1. The summed E-state index contributed by atoms with van der Waals surface area (Å²) < 4.78 is 6.44. The Morgan fingerprint density at radius 1 is 1.27 bits per heavy atom. The number of carbonyl (C=O) groups is 1. The summed E-state index contributed by atoms with van der Waals surface area (Å²) in [4.78, 5) is 19.6. The van der Waals surface area contributed by atoms with Crippen LogP contribution in [0.4, 0.5) is 5.69 Å². The van der Waals surface area contributed by atoms with Crippen molar-refractivity contribution in [1.29, 1.82) is 0 Å². The molecule has 2 aromatic carbocycles. The van der Waals surface area contributed by atoms with Crippen LogP contribution in [0, 0.1) is 5.92 Å². The molecule has 0 aliphatic carbocycles. The van der Waals surface area contributed by atoms with E-state index in [0.717, 1.165) is 47.1 Å². The molecule has 4 rings (SSSR count). The van der Waals surface area contributed by atoms with Crippen LogP contribution < -0.4 is 5.32 Å². The standard InChI is InChI=1S/C23H25BrN4O2/c1-2-16-7-3-4-11-20(16)25-23(29)18-9-6-12-28(14-18)15-21-26-22(27-30-21)17-8-5-10-19(24)13-17/h3-5,7-8,10-11,13,18H,2,6,9,12,14-15H2,1H3,(H,25,29). The van der Waals surface area contributed by atoms with E-state index in [4.69, 9.17) is 4.52 Å². The Kier molecular flexibility index (Phi) is 6.59. The second-order valence-corrected chi connectivity index (χ2v) is 8.51. The maximum atomic E-state index is 12.9. The molecular formula is C23H25BrN4O2. The van der Waals surface area contributed by atoms with E-state index in [1.807, 2.05) is 42.5 Å². The average Bonchev–Trinajstić information content (AvgIpc) is 3.23. The second-order valence-electron chi connectivity index (χ2n) is 7.60. The third-order valence-electron chi connectivity index (χ3n) is 5.44. The fraction of sp³-hybridized carbons (Fsp3) is 0.348. The fourth-order valence-electron chi connectivity index (χ4n) is 3.85. The van der Waals surface area contributed by atoms with Crippen LogP contribution in [0.1, 0.15) is 31.2 Å². The van der Waals surface area contributed by atoms with E-state index in [-0.39, 0.29) is 11.8 Å². The summed E-state index contributed by atoms with van der Waals surface area (Å²) in [6, 6.07) is 15.8. The predicted octanol–water partition coefficient (Wildman–Crippen LogP) is 4.91. The number of aryl methyl sites for hydroxylation is 1. The minimum atomic E-state index is -0.0452. The molecule has 156 valence electrons. The number of rotatable bonds is 6. The highest BCUT2D eigenvalue weighted by Crippen LogP contribution is 2.24. The van der Waals surface area contributed by atoms with Gasteiger partial charge in [-0.05, 0) is 49.6 Å². The maximum Gasteiger partial charge on any atom is 0.241 e. The predicted molar refractivity (Wildman–Crippen MR) is 120 cm³/mol. The molecule has 1 aliphatic heterocycles. The molecule has 7 heteroatoms. The molecule has 1 unspecified atom stereocenters. The number of halogens is 1. The number of likely N-dealkylation sites (tertiary alicyclic amines) is 1. The molecule has 0 bridgehead atoms. The molecule has 2 heterocycles. The lowest BCUT2D eigenvalue weighted by Gasteiger charge is -2.31. The summed E-state index contributed by atoms with van der Waals surface area (Å²) in [5, 5.41) is 7.23. The molecule has 1 amide bonds. The van der Waals surface area contributed by atoms with Gasteiger partial charge in [-0.2, -0.15) is 4.98 Å². The molecule has 0 radical (unpaired) electrons. The zero-order valence-electron chi connectivity index (χ0n) is 17.0. The van der Waals surface area contributed by atoms with Crippen molar-refractivity contribution >= 4 is 27.5 Å². The fourth-order valence-corrected chi connectivity index (χ4v) is 4.25. The van der Waals surface area contributed by atoms with Gasteiger partial charge in [-0.15, -0.1) is 0 Å². The maximum absolute atomic E-state index is 12.9. The third kappa shape index (κ3) is 4.96. The summed E-state index contributed by atoms with van der Waals surface area (Å²) in [5.41, 5.74) is 2.98. The smallest absolute Gasteiger partial charge is 0.241 e. The highest BCUT2D eigenvalue weighted by molar-refractivity contribution is 9.10. The number of carbonyl (C=O) groups excluding carboxylic acids is 1. The SMILES string of the molecule is CCc1ccccc1NC(=O)C1CCCN(Cc2nc(-c3cccc(Br)c3)no2)C1. The van der Waals surface area contributed by atoms with Crippen LogP contribution in [0.2, 0.25) is 0 Å². The van der Waals surface area contributed by atoms with Gasteiger partial charge >= 0.3 is 0 Å². The number of hydrogen-bond acceptors (Lipinski definition) is 5. The zero-order valence-corrected chi connectivity index (χ0v) is 18.6. The molecule has 0 spiro atoms. The van der Waals surface area contributed by atoms with Gasteiger partial charge in [0, 0.05) is 22.3 Å². The van der Waals surface area contributed by atoms with E-state index in [2.05, 4.69) is 49.3 Å². The molecule has 1 N–H and O–H groups in total. The first-order valence-corrected chi connectivity index (χ1v) is 11.1. The van der Waals surface area contributed by atoms with Crippen molar-refractivity contribution in [2.75, 3.05) is 18.4 Å². The Balaban J connectivity index is 1.38. The van der Waals surface area contributed by atoms with Gasteiger partial charge < -0.3 is 9.84 Å². The van der Waals surface area contributed by atoms with Crippen LogP contribution in [0.15, 0.2) is 57.5 Å². The quantitative estimate of drug-likeness (QED) is 0.556. The average molecular weight is 469 g/mol. The lowest BCUT2D eigenvalue weighted by atomic mass is 9.96. The minimum Gasteiger partial charge on any atom is -0.338 e. The van der Waals surface area contributed by atoms with Crippen LogP contribution >= 0.6 is 15.9 Å². The van der Waals surface area contributed by atoms with E-state index < -0.39 is 0 Å². The number of piperidine rings is 1. The number of benzene rings is 2. The number of amides is 1. The van der Waals surface area contributed by atoms with Gasteiger partial charge in [-0.25, -0.2) is 0 Å². The van der Waals surface area contributed by atoms with Crippen LogP contribution in [0.25, 0.3) is 11.4 Å². The first-order valence-electron chi connectivity index (χ1n) is 10.3. The van der Waals surface area contributed by atoms with Crippen molar-refractivity contribution in [2.45, 2.75) is 32.7 Å². The largest absolute Gasteiger partial charge is 0.338 e. The molecule has 1 fully saturated rings. The van der Waals surface area contributed by atoms with Crippen molar-refractivity contribution in [3.63, 3.8) is 0 Å². The van der Waals surface area contributed by atoms with Gasteiger partial charge in [-0.1, -0.05) is 58.3 Å². The Morgan fingerprint density at radius 2 is 2.13 bits per heavy atom. The van der Waals surface area contributed by atoms with E-state index in [9.17, 15) is 4.79 Å². The van der Waals surface area contributed by atoms with E-state index >= 15 is 0 Å². The Morgan fingerprint density at radius 3 is 2.97 bits per heavy atom. The molecule has 30 heavy (non-hydrogen) atoms. The summed E-state index contributed by atoms with van der Waals surface area (Å²) in [6.45, 7) is 4.26. The molecule has 1 saturated heterocycles. The van der Waals surface area contributed by atoms with Crippen molar-refractivity contribution in [3.8, 4) is 11.4 Å². The molecule has 0 saturated carbocycles. The molecule has 1 aromatic heterocycles. The highest BCUT2D eigenvalue weighted by atomic mass is 79.9. The van der Waals surface area contributed by atoms with Crippen LogP contribution in [-0.4, -0.2) is 34.0 Å². The van der Waals surface area contributed by atoms with Crippen LogP contribution in [-0.2, 0) is 17.8 Å². The summed E-state index contributed by atoms with van der Waals surface area (Å²) >= 11 is 3.47. The number of aromatic nitrogens is 2. The van der Waals surface area contributed by atoms with Crippen molar-refractivity contribution in [3.05, 3.63) is 64.5 Å². The van der Waals surface area contributed by atoms with E-state index in [0.29, 0.717) is 24.8 Å². The van der Waals surface area contributed by atoms with Crippen molar-refractivity contribution in [1.82, 2.24) is 15.0 Å². The Hall–Kier alpha value is -2.51. The van der Waals surface area contributed by atoms with E-state index in [1.54, 1.807) is 0 Å². The Bertz CT molecular complexity index is 1020. The first-order chi connectivity index (χ1) is 14.6. The molecular weight excluding hydrogens is 444 g/mol. The van der Waals surface area contributed by atoms with Gasteiger partial charge in [0.1, 0.15) is 0 Å². The van der Waals surface area contributed by atoms with Gasteiger partial charge in [0.2, 0.25) is 17.6 Å². The van der Waals surface area contributed by atoms with Crippen LogP contribution in [0.3, 0.4) is 0 Å². The molecule has 6 nitrogen and oxygen atoms in total.